The molecule has 0 spiro atoms. The zero-order valence-electron chi connectivity index (χ0n) is 15.9. The van der Waals surface area contributed by atoms with E-state index in [2.05, 4.69) is 30.4 Å². The first-order chi connectivity index (χ1) is 13.8. The van der Waals surface area contributed by atoms with Crippen LogP contribution >= 0.6 is 0 Å². The number of rotatable bonds is 4. The normalized spacial score (nSPS) is 21.1. The maximum Gasteiger partial charge on any atom is 0.273 e. The maximum atomic E-state index is 12.5. The van der Waals surface area contributed by atoms with Gasteiger partial charge in [-0.25, -0.2) is 15.4 Å². The fourth-order valence-electron chi connectivity index (χ4n) is 4.45. The molecule has 1 saturated heterocycles. The zero-order valence-corrected chi connectivity index (χ0v) is 15.9. The van der Waals surface area contributed by atoms with Gasteiger partial charge < -0.3 is 4.98 Å². The number of nitrogens with one attached hydrogen (secondary N) is 2. The van der Waals surface area contributed by atoms with Crippen molar-refractivity contribution in [3.05, 3.63) is 52.4 Å². The highest BCUT2D eigenvalue weighted by molar-refractivity contribution is 6.32. The van der Waals surface area contributed by atoms with Crippen LogP contribution in [0.5, 0.6) is 0 Å². The van der Waals surface area contributed by atoms with Crippen molar-refractivity contribution >= 4 is 17.7 Å². The van der Waals surface area contributed by atoms with Crippen LogP contribution < -0.4 is 5.43 Å². The van der Waals surface area contributed by atoms with Gasteiger partial charge in [0.1, 0.15) is 5.71 Å². The molecule has 0 aromatic carbocycles. The Kier molecular flexibility index (Phi) is 4.52. The highest BCUT2D eigenvalue weighted by atomic mass is 16.2. The molecular weight excluding hydrogens is 352 g/mol. The van der Waals surface area contributed by atoms with Gasteiger partial charge in [0, 0.05) is 30.3 Å². The average molecular weight is 376 g/mol. The first kappa shape index (κ1) is 17.3. The van der Waals surface area contributed by atoms with Gasteiger partial charge in [-0.15, -0.1) is 0 Å². The molecule has 2 aromatic rings. The van der Waals surface area contributed by atoms with E-state index in [-0.39, 0.29) is 5.91 Å². The van der Waals surface area contributed by atoms with Crippen LogP contribution in [0.3, 0.4) is 0 Å². The minimum atomic E-state index is -0.206. The van der Waals surface area contributed by atoms with Crippen molar-refractivity contribution in [1.29, 1.82) is 0 Å². The van der Waals surface area contributed by atoms with Crippen LogP contribution in [0.2, 0.25) is 0 Å². The predicted molar refractivity (Wildman–Crippen MR) is 107 cm³/mol. The summed E-state index contributed by atoms with van der Waals surface area (Å²) in [5, 5.41) is 4.18. The Labute approximate surface area is 164 Å². The predicted octanol–water partition coefficient (Wildman–Crippen LogP) is 2.20. The summed E-state index contributed by atoms with van der Waals surface area (Å²) in [5.41, 5.74) is 8.77. The molecule has 7 nitrogen and oxygen atoms in total. The fraction of sp³-hybridized carbons (Fsp3) is 0.429. The molecule has 5 rings (SSSR count). The first-order valence-electron chi connectivity index (χ1n) is 10.1. The summed E-state index contributed by atoms with van der Waals surface area (Å²) in [6.45, 7) is 3.25. The number of likely N-dealkylation sites (tertiary alicyclic amines) is 1. The number of aryl methyl sites for hydroxylation is 1. The van der Waals surface area contributed by atoms with Crippen LogP contribution in [0, 0.1) is 0 Å². The summed E-state index contributed by atoms with van der Waals surface area (Å²) in [6, 6.07) is 1.75. The largest absolute Gasteiger partial charge is 0.358 e. The molecule has 0 radical (unpaired) electrons. The molecule has 1 aliphatic carbocycles. The van der Waals surface area contributed by atoms with Crippen LogP contribution in [-0.2, 0) is 24.2 Å². The molecule has 1 amide bonds. The van der Waals surface area contributed by atoms with Crippen molar-refractivity contribution in [2.75, 3.05) is 13.1 Å². The lowest BCUT2D eigenvalue weighted by Gasteiger charge is -2.18. The number of hydrogen-bond acceptors (Lipinski definition) is 5. The third-order valence-corrected chi connectivity index (χ3v) is 5.86. The van der Waals surface area contributed by atoms with Crippen LogP contribution in [0.4, 0.5) is 0 Å². The van der Waals surface area contributed by atoms with Crippen molar-refractivity contribution in [3.63, 3.8) is 0 Å². The van der Waals surface area contributed by atoms with Gasteiger partial charge in [0.25, 0.3) is 5.91 Å². The smallest absolute Gasteiger partial charge is 0.273 e. The summed E-state index contributed by atoms with van der Waals surface area (Å²) in [4.78, 5) is 27.2. The van der Waals surface area contributed by atoms with Gasteiger partial charge in [0.15, 0.2) is 5.82 Å². The molecule has 1 fully saturated rings. The quantitative estimate of drug-likeness (QED) is 0.801. The van der Waals surface area contributed by atoms with Crippen LogP contribution in [-0.4, -0.2) is 44.6 Å². The first-order valence-corrected chi connectivity index (χ1v) is 10.1. The van der Waals surface area contributed by atoms with Crippen molar-refractivity contribution in [3.8, 4) is 0 Å². The number of fused-ring (bicyclic) bond motifs is 1. The molecule has 0 saturated carbocycles. The fourth-order valence-corrected chi connectivity index (χ4v) is 4.45. The minimum Gasteiger partial charge on any atom is -0.358 e. The Balaban J connectivity index is 1.55. The SMILES string of the molecule is O=C1NN=C(c2ncccn2)C1=Cc1[nH]c2c(c1CN1CCCC1)CCCC2. The van der Waals surface area contributed by atoms with Crippen LogP contribution in [0.25, 0.3) is 6.08 Å². The molecule has 0 bridgehead atoms. The Morgan fingerprint density at radius 1 is 1.07 bits per heavy atom. The number of aromatic amines is 1. The van der Waals surface area contributed by atoms with Crippen molar-refractivity contribution in [2.45, 2.75) is 45.1 Å². The van der Waals surface area contributed by atoms with E-state index in [1.807, 2.05) is 6.08 Å². The van der Waals surface area contributed by atoms with E-state index in [9.17, 15) is 4.79 Å². The molecule has 4 heterocycles. The number of hydrazone groups is 1. The Morgan fingerprint density at radius 2 is 1.86 bits per heavy atom. The monoisotopic (exact) mass is 376 g/mol. The number of amides is 1. The molecule has 0 unspecified atom stereocenters. The van der Waals surface area contributed by atoms with E-state index < -0.39 is 0 Å². The molecule has 3 aliphatic rings. The molecular formula is C21H24N6O. The van der Waals surface area contributed by atoms with E-state index in [4.69, 9.17) is 0 Å². The lowest BCUT2D eigenvalue weighted by atomic mass is 9.94. The summed E-state index contributed by atoms with van der Waals surface area (Å²) in [5.74, 6) is 0.256. The lowest BCUT2D eigenvalue weighted by Crippen LogP contribution is -2.20. The van der Waals surface area contributed by atoms with E-state index in [1.165, 1.54) is 42.5 Å². The van der Waals surface area contributed by atoms with E-state index >= 15 is 0 Å². The molecule has 28 heavy (non-hydrogen) atoms. The third kappa shape index (κ3) is 3.16. The zero-order chi connectivity index (χ0) is 18.9. The number of aromatic nitrogens is 3. The molecule has 2 aliphatic heterocycles. The molecule has 0 atom stereocenters. The minimum absolute atomic E-state index is 0.206. The van der Waals surface area contributed by atoms with Gasteiger partial charge in [-0.3, -0.25) is 9.69 Å². The highest BCUT2D eigenvalue weighted by Gasteiger charge is 2.28. The number of hydrogen-bond donors (Lipinski definition) is 2. The number of nitrogens with zero attached hydrogens (tertiary/aromatic N) is 4. The molecule has 2 aromatic heterocycles. The highest BCUT2D eigenvalue weighted by Crippen LogP contribution is 2.31. The van der Waals surface area contributed by atoms with E-state index in [1.54, 1.807) is 18.5 Å². The second-order valence-corrected chi connectivity index (χ2v) is 7.70. The average Bonchev–Trinajstić information content (AvgIpc) is 3.45. The molecule has 144 valence electrons. The number of carbonyl (C=O) groups excluding carboxylic acids is 1. The van der Waals surface area contributed by atoms with Crippen molar-refractivity contribution in [2.24, 2.45) is 5.10 Å². The molecule has 2 N–H and O–H groups in total. The Morgan fingerprint density at radius 3 is 2.68 bits per heavy atom. The summed E-state index contributed by atoms with van der Waals surface area (Å²) >= 11 is 0. The standard InChI is InChI=1S/C21H24N6O/c28-21-15(19(25-26-21)20-22-8-5-9-23-20)12-18-16(13-27-10-3-4-11-27)14-6-1-2-7-17(14)24-18/h5,8-9,12,24H,1-4,6-7,10-11,13H2,(H,26,28). The summed E-state index contributed by atoms with van der Waals surface area (Å²) < 4.78 is 0. The Bertz CT molecular complexity index is 953. The number of carbonyl (C=O) groups is 1. The van der Waals surface area contributed by atoms with Gasteiger partial charge >= 0.3 is 0 Å². The van der Waals surface area contributed by atoms with Gasteiger partial charge in [0.05, 0.1) is 5.57 Å². The van der Waals surface area contributed by atoms with Gasteiger partial charge in [-0.2, -0.15) is 5.10 Å². The second-order valence-electron chi connectivity index (χ2n) is 7.70. The van der Waals surface area contributed by atoms with Gasteiger partial charge in [0.2, 0.25) is 0 Å². The summed E-state index contributed by atoms with van der Waals surface area (Å²) in [7, 11) is 0. The Hall–Kier alpha value is -2.80. The van der Waals surface area contributed by atoms with Crippen molar-refractivity contribution < 1.29 is 4.79 Å². The maximum absolute atomic E-state index is 12.5. The van der Waals surface area contributed by atoms with E-state index in [0.29, 0.717) is 17.1 Å². The van der Waals surface area contributed by atoms with Gasteiger partial charge in [-0.1, -0.05) is 0 Å². The van der Waals surface area contributed by atoms with Crippen LogP contribution in [0.15, 0.2) is 29.1 Å². The third-order valence-electron chi connectivity index (χ3n) is 5.86. The van der Waals surface area contributed by atoms with E-state index in [0.717, 1.165) is 38.2 Å². The summed E-state index contributed by atoms with van der Waals surface area (Å²) in [6.07, 6.45) is 12.5. The van der Waals surface area contributed by atoms with Gasteiger partial charge in [-0.05, 0) is 74.9 Å². The number of H-pyrrole nitrogens is 1. The lowest BCUT2D eigenvalue weighted by molar-refractivity contribution is -0.116. The second kappa shape index (κ2) is 7.31. The van der Waals surface area contributed by atoms with Crippen LogP contribution in [0.1, 0.15) is 54.0 Å². The van der Waals surface area contributed by atoms with Crippen molar-refractivity contribution in [1.82, 2.24) is 25.3 Å². The molecule has 7 heteroatoms. The topological polar surface area (TPSA) is 86.3 Å².